The molecule has 1 fully saturated rings. The first-order valence-electron chi connectivity index (χ1n) is 8.61. The van der Waals surface area contributed by atoms with Crippen LogP contribution in [-0.2, 0) is 13.6 Å². The molecule has 0 unspecified atom stereocenters. The van der Waals surface area contributed by atoms with Gasteiger partial charge in [-0.25, -0.2) is 4.98 Å². The Balaban J connectivity index is 1.43. The molecule has 4 rings (SSSR count). The maximum Gasteiger partial charge on any atom is 0.146 e. The Morgan fingerprint density at radius 2 is 1.96 bits per heavy atom. The lowest BCUT2D eigenvalue weighted by molar-refractivity contribution is 0.249. The Morgan fingerprint density at radius 3 is 2.76 bits per heavy atom. The molecule has 3 aromatic rings. The summed E-state index contributed by atoms with van der Waals surface area (Å²) in [5.74, 6) is 0.815. The van der Waals surface area contributed by atoms with Crippen LogP contribution in [0.2, 0.25) is 0 Å². The molecule has 0 atom stereocenters. The first kappa shape index (κ1) is 15.7. The Labute approximate surface area is 147 Å². The molecular weight excluding hydrogens is 310 g/mol. The summed E-state index contributed by atoms with van der Waals surface area (Å²) in [6, 6.07) is 14.8. The van der Waals surface area contributed by atoms with Crippen LogP contribution in [-0.4, -0.2) is 40.6 Å². The van der Waals surface area contributed by atoms with Crippen molar-refractivity contribution in [3.05, 3.63) is 59.9 Å². The fourth-order valence-electron chi connectivity index (χ4n) is 3.52. The number of rotatable bonds is 3. The predicted molar refractivity (Wildman–Crippen MR) is 99.4 cm³/mol. The Morgan fingerprint density at radius 1 is 1.12 bits per heavy atom. The summed E-state index contributed by atoms with van der Waals surface area (Å²) in [6.07, 6.45) is 3.87. The molecule has 1 saturated heterocycles. The van der Waals surface area contributed by atoms with E-state index in [1.165, 1.54) is 16.5 Å². The number of hydrogen-bond acceptors (Lipinski definition) is 4. The largest absolute Gasteiger partial charge is 0.353 e. The summed E-state index contributed by atoms with van der Waals surface area (Å²) in [5.41, 5.74) is 3.28. The molecule has 3 heterocycles. The van der Waals surface area contributed by atoms with Crippen LogP contribution in [0.3, 0.4) is 0 Å². The smallest absolute Gasteiger partial charge is 0.146 e. The van der Waals surface area contributed by atoms with E-state index in [0.29, 0.717) is 5.56 Å². The summed E-state index contributed by atoms with van der Waals surface area (Å²) in [7, 11) is 2.09. The van der Waals surface area contributed by atoms with Crippen molar-refractivity contribution in [1.29, 1.82) is 5.26 Å². The minimum Gasteiger partial charge on any atom is -0.353 e. The molecule has 0 radical (unpaired) electrons. The molecular formula is C20H21N5. The van der Waals surface area contributed by atoms with Crippen LogP contribution in [0.1, 0.15) is 11.1 Å². The van der Waals surface area contributed by atoms with E-state index in [1.54, 1.807) is 6.20 Å². The third-order valence-corrected chi connectivity index (χ3v) is 4.94. The van der Waals surface area contributed by atoms with Crippen LogP contribution in [0.4, 0.5) is 5.82 Å². The zero-order valence-electron chi connectivity index (χ0n) is 14.4. The van der Waals surface area contributed by atoms with Crippen LogP contribution in [0.15, 0.2) is 48.8 Å². The van der Waals surface area contributed by atoms with Gasteiger partial charge in [0.1, 0.15) is 11.9 Å². The summed E-state index contributed by atoms with van der Waals surface area (Å²) in [5, 5.41) is 10.5. The summed E-state index contributed by atoms with van der Waals surface area (Å²) < 4.78 is 2.17. The average Bonchev–Trinajstić information content (AvgIpc) is 3.03. The molecule has 25 heavy (non-hydrogen) atoms. The number of benzene rings is 1. The molecule has 0 saturated carbocycles. The van der Waals surface area contributed by atoms with Crippen molar-refractivity contribution in [3.8, 4) is 6.07 Å². The van der Waals surface area contributed by atoms with Crippen molar-refractivity contribution < 1.29 is 0 Å². The molecule has 126 valence electrons. The second kappa shape index (κ2) is 6.58. The monoisotopic (exact) mass is 331 g/mol. The number of fused-ring (bicyclic) bond motifs is 1. The zero-order valence-corrected chi connectivity index (χ0v) is 14.4. The lowest BCUT2D eigenvalue weighted by Crippen LogP contribution is -2.46. The number of piperazine rings is 1. The molecule has 5 nitrogen and oxygen atoms in total. The number of pyridine rings is 1. The Kier molecular flexibility index (Phi) is 4.12. The molecule has 0 spiro atoms. The lowest BCUT2D eigenvalue weighted by Gasteiger charge is -2.35. The number of nitrogens with zero attached hydrogens (tertiary/aromatic N) is 5. The average molecular weight is 331 g/mol. The van der Waals surface area contributed by atoms with Gasteiger partial charge in [0.2, 0.25) is 0 Å². The third kappa shape index (κ3) is 3.09. The van der Waals surface area contributed by atoms with Gasteiger partial charge in [-0.3, -0.25) is 4.90 Å². The van der Waals surface area contributed by atoms with Gasteiger partial charge in [-0.2, -0.15) is 5.26 Å². The number of anilines is 1. The van der Waals surface area contributed by atoms with E-state index in [1.807, 2.05) is 12.1 Å². The minimum atomic E-state index is 0.658. The Bertz CT molecular complexity index is 929. The van der Waals surface area contributed by atoms with Gasteiger partial charge in [-0.1, -0.05) is 12.1 Å². The van der Waals surface area contributed by atoms with Gasteiger partial charge in [0.15, 0.2) is 0 Å². The van der Waals surface area contributed by atoms with E-state index in [0.717, 1.165) is 38.5 Å². The van der Waals surface area contributed by atoms with Gasteiger partial charge < -0.3 is 9.47 Å². The summed E-state index contributed by atoms with van der Waals surface area (Å²) >= 11 is 0. The van der Waals surface area contributed by atoms with Crippen LogP contribution in [0, 0.1) is 11.3 Å². The number of aryl methyl sites for hydroxylation is 1. The SMILES string of the molecule is Cn1ccc2ccc(CN3CCN(c4ncccc4C#N)CC3)cc21. The molecule has 1 aliphatic rings. The minimum absolute atomic E-state index is 0.658. The standard InChI is InChI=1S/C20H21N5/c1-23-8-6-17-5-4-16(13-19(17)23)15-24-9-11-25(12-10-24)20-18(14-21)3-2-7-22-20/h2-8,13H,9-12,15H2,1H3. The van der Waals surface area contributed by atoms with Crippen molar-refractivity contribution in [2.24, 2.45) is 7.05 Å². The fourth-order valence-corrected chi connectivity index (χ4v) is 3.52. The van der Waals surface area contributed by atoms with Crippen LogP contribution < -0.4 is 4.90 Å². The number of nitriles is 1. The van der Waals surface area contributed by atoms with Gasteiger partial charge >= 0.3 is 0 Å². The predicted octanol–water partition coefficient (Wildman–Crippen LogP) is 2.77. The molecule has 0 bridgehead atoms. The second-order valence-corrected chi connectivity index (χ2v) is 6.57. The maximum atomic E-state index is 9.26. The molecule has 1 aromatic carbocycles. The topological polar surface area (TPSA) is 48.1 Å². The van der Waals surface area contributed by atoms with Crippen LogP contribution in [0.5, 0.6) is 0 Å². The van der Waals surface area contributed by atoms with Crippen molar-refractivity contribution >= 4 is 16.7 Å². The highest BCUT2D eigenvalue weighted by Gasteiger charge is 2.20. The highest BCUT2D eigenvalue weighted by molar-refractivity contribution is 5.80. The van der Waals surface area contributed by atoms with E-state index >= 15 is 0 Å². The molecule has 0 aliphatic carbocycles. The van der Waals surface area contributed by atoms with Crippen molar-refractivity contribution in [2.75, 3.05) is 31.1 Å². The molecule has 2 aromatic heterocycles. The highest BCUT2D eigenvalue weighted by atomic mass is 15.3. The normalized spacial score (nSPS) is 15.4. The van der Waals surface area contributed by atoms with Crippen LogP contribution >= 0.6 is 0 Å². The van der Waals surface area contributed by atoms with E-state index in [9.17, 15) is 5.26 Å². The maximum absolute atomic E-state index is 9.26. The van der Waals surface area contributed by atoms with Gasteiger partial charge in [-0.15, -0.1) is 0 Å². The van der Waals surface area contributed by atoms with E-state index < -0.39 is 0 Å². The molecule has 0 N–H and O–H groups in total. The van der Waals surface area contributed by atoms with Gasteiger partial charge in [0.25, 0.3) is 0 Å². The zero-order chi connectivity index (χ0) is 17.2. The highest BCUT2D eigenvalue weighted by Crippen LogP contribution is 2.21. The summed E-state index contributed by atoms with van der Waals surface area (Å²) in [4.78, 5) is 9.09. The van der Waals surface area contributed by atoms with E-state index in [-0.39, 0.29) is 0 Å². The second-order valence-electron chi connectivity index (χ2n) is 6.57. The van der Waals surface area contributed by atoms with E-state index in [4.69, 9.17) is 0 Å². The molecule has 1 aliphatic heterocycles. The van der Waals surface area contributed by atoms with Gasteiger partial charge in [-0.05, 0) is 35.2 Å². The molecule has 5 heteroatoms. The summed E-state index contributed by atoms with van der Waals surface area (Å²) in [6.45, 7) is 4.72. The quantitative estimate of drug-likeness (QED) is 0.740. The number of hydrogen-bond donors (Lipinski definition) is 0. The molecule has 0 amide bonds. The lowest BCUT2D eigenvalue weighted by atomic mass is 10.1. The third-order valence-electron chi connectivity index (χ3n) is 4.94. The van der Waals surface area contributed by atoms with Crippen molar-refractivity contribution in [3.63, 3.8) is 0 Å². The first-order valence-corrected chi connectivity index (χ1v) is 8.61. The van der Waals surface area contributed by atoms with Crippen molar-refractivity contribution in [2.45, 2.75) is 6.54 Å². The van der Waals surface area contributed by atoms with Gasteiger partial charge in [0.05, 0.1) is 5.56 Å². The van der Waals surface area contributed by atoms with Gasteiger partial charge in [0, 0.05) is 57.7 Å². The fraction of sp³-hybridized carbons (Fsp3) is 0.300. The van der Waals surface area contributed by atoms with Crippen molar-refractivity contribution in [1.82, 2.24) is 14.5 Å². The Hall–Kier alpha value is -2.84. The van der Waals surface area contributed by atoms with Crippen LogP contribution in [0.25, 0.3) is 10.9 Å². The first-order chi connectivity index (χ1) is 12.2. The number of aromatic nitrogens is 2. The van der Waals surface area contributed by atoms with E-state index in [2.05, 4.69) is 62.9 Å².